The van der Waals surface area contributed by atoms with Crippen LogP contribution in [0.15, 0.2) is 48.7 Å². The minimum Gasteiger partial charge on any atom is -0.326 e. The van der Waals surface area contributed by atoms with Crippen molar-refractivity contribution in [3.05, 3.63) is 88.3 Å². The summed E-state index contributed by atoms with van der Waals surface area (Å²) in [7, 11) is 0. The van der Waals surface area contributed by atoms with E-state index in [4.69, 9.17) is 0 Å². The van der Waals surface area contributed by atoms with Crippen LogP contribution in [0.1, 0.15) is 33.8 Å². The van der Waals surface area contributed by atoms with Gasteiger partial charge >= 0.3 is 6.18 Å². The van der Waals surface area contributed by atoms with E-state index in [1.807, 2.05) is 6.07 Å². The highest BCUT2D eigenvalue weighted by molar-refractivity contribution is 5.99. The lowest BCUT2D eigenvalue weighted by atomic mass is 10.0. The zero-order valence-corrected chi connectivity index (χ0v) is 15.8. The summed E-state index contributed by atoms with van der Waals surface area (Å²) in [5.74, 6) is -0.212. The van der Waals surface area contributed by atoms with E-state index in [1.165, 1.54) is 12.1 Å². The molecule has 154 valence electrons. The molecule has 0 saturated carbocycles. The number of rotatable bonds is 5. The van der Waals surface area contributed by atoms with Crippen molar-refractivity contribution < 1.29 is 22.4 Å². The van der Waals surface area contributed by atoms with Gasteiger partial charge < -0.3 is 5.32 Å². The molecule has 1 aliphatic heterocycles. The number of amides is 1. The lowest BCUT2D eigenvalue weighted by Crippen LogP contribution is -2.14. The second-order valence-electron chi connectivity index (χ2n) is 7.16. The Morgan fingerprint density at radius 2 is 1.73 bits per heavy atom. The zero-order chi connectivity index (χ0) is 21.3. The van der Waals surface area contributed by atoms with Crippen molar-refractivity contribution in [3.8, 4) is 0 Å². The van der Waals surface area contributed by atoms with Gasteiger partial charge in [0.2, 0.25) is 5.91 Å². The van der Waals surface area contributed by atoms with Crippen LogP contribution in [0, 0.1) is 5.82 Å². The number of fused-ring (bicyclic) bond motifs is 1. The average molecular weight is 415 g/mol. The molecule has 8 heteroatoms. The van der Waals surface area contributed by atoms with E-state index in [2.05, 4.69) is 15.3 Å². The molecule has 0 fully saturated rings. The van der Waals surface area contributed by atoms with E-state index in [0.29, 0.717) is 6.42 Å². The summed E-state index contributed by atoms with van der Waals surface area (Å²) in [5, 5.41) is 2.74. The van der Waals surface area contributed by atoms with E-state index in [1.54, 1.807) is 24.3 Å². The van der Waals surface area contributed by atoms with Gasteiger partial charge in [0.15, 0.2) is 0 Å². The lowest BCUT2D eigenvalue weighted by molar-refractivity contribution is -0.138. The van der Waals surface area contributed by atoms with Gasteiger partial charge in [0.25, 0.3) is 0 Å². The van der Waals surface area contributed by atoms with Gasteiger partial charge in [-0.25, -0.2) is 14.4 Å². The summed E-state index contributed by atoms with van der Waals surface area (Å²) in [6, 6.07) is 11.1. The molecule has 0 bridgehead atoms. The number of carbonyl (C=O) groups is 1. The molecule has 2 aromatic carbocycles. The minimum atomic E-state index is -4.56. The second-order valence-corrected chi connectivity index (χ2v) is 7.16. The number of nitrogens with zero attached hydrogens (tertiary/aromatic N) is 2. The predicted octanol–water partition coefficient (Wildman–Crippen LogP) is 4.51. The van der Waals surface area contributed by atoms with Crippen molar-refractivity contribution in [3.63, 3.8) is 0 Å². The summed E-state index contributed by atoms with van der Waals surface area (Å²) in [4.78, 5) is 19.6. The van der Waals surface area contributed by atoms with Crippen LogP contribution in [0.5, 0.6) is 0 Å². The summed E-state index contributed by atoms with van der Waals surface area (Å²) in [5.41, 5.74) is 2.18. The Hall–Kier alpha value is -3.29. The molecule has 1 aliphatic rings. The van der Waals surface area contributed by atoms with Gasteiger partial charge in [0, 0.05) is 18.3 Å². The zero-order valence-electron chi connectivity index (χ0n) is 15.8. The standard InChI is InChI=1S/C22H17F4N3O/c23-16-5-1-13(2-6-16)3-8-19-17(22(24,25)26)12-27-20(28-19)10-14-4-7-18-15(9-14)11-21(30)29-18/h1-2,4-7,9,12H,3,8,10-11H2,(H,29,30). The van der Waals surface area contributed by atoms with E-state index < -0.39 is 17.6 Å². The molecule has 4 nitrogen and oxygen atoms in total. The maximum atomic E-state index is 13.4. The Labute approximate surface area is 170 Å². The molecule has 1 amide bonds. The van der Waals surface area contributed by atoms with Crippen LogP contribution < -0.4 is 5.32 Å². The van der Waals surface area contributed by atoms with Gasteiger partial charge in [-0.05, 0) is 47.7 Å². The number of hydrogen-bond donors (Lipinski definition) is 1. The fourth-order valence-corrected chi connectivity index (χ4v) is 3.46. The first kappa shape index (κ1) is 20.0. The number of hydrogen-bond acceptors (Lipinski definition) is 3. The van der Waals surface area contributed by atoms with Gasteiger partial charge in [0.1, 0.15) is 11.6 Å². The summed E-state index contributed by atoms with van der Waals surface area (Å²) >= 11 is 0. The molecular formula is C22H17F4N3O. The third kappa shape index (κ3) is 4.48. The molecule has 0 radical (unpaired) electrons. The summed E-state index contributed by atoms with van der Waals surface area (Å²) in [6.07, 6.45) is -2.86. The Kier molecular flexibility index (Phi) is 5.24. The van der Waals surface area contributed by atoms with E-state index in [-0.39, 0.29) is 36.7 Å². The monoisotopic (exact) mass is 415 g/mol. The fourth-order valence-electron chi connectivity index (χ4n) is 3.46. The minimum absolute atomic E-state index is 0.0542. The maximum absolute atomic E-state index is 13.4. The van der Waals surface area contributed by atoms with Crippen LogP contribution in [-0.4, -0.2) is 15.9 Å². The first-order valence-corrected chi connectivity index (χ1v) is 9.36. The number of halogens is 4. The molecule has 0 spiro atoms. The fraction of sp³-hybridized carbons (Fsp3) is 0.227. The third-order valence-electron chi connectivity index (χ3n) is 4.94. The quantitative estimate of drug-likeness (QED) is 0.624. The first-order chi connectivity index (χ1) is 14.3. The molecule has 0 unspecified atom stereocenters. The van der Waals surface area contributed by atoms with Gasteiger partial charge in [-0.3, -0.25) is 4.79 Å². The average Bonchev–Trinajstić information content (AvgIpc) is 3.06. The third-order valence-corrected chi connectivity index (χ3v) is 4.94. The number of alkyl halides is 3. The Bertz CT molecular complexity index is 1090. The topological polar surface area (TPSA) is 54.9 Å². The normalized spacial score (nSPS) is 13.3. The van der Waals surface area contributed by atoms with Crippen molar-refractivity contribution in [1.82, 2.24) is 9.97 Å². The van der Waals surface area contributed by atoms with Crippen LogP contribution in [0.3, 0.4) is 0 Å². The van der Waals surface area contributed by atoms with E-state index >= 15 is 0 Å². The molecule has 30 heavy (non-hydrogen) atoms. The molecule has 2 heterocycles. The van der Waals surface area contributed by atoms with Crippen LogP contribution >= 0.6 is 0 Å². The Balaban J connectivity index is 1.57. The molecule has 1 N–H and O–H groups in total. The van der Waals surface area contributed by atoms with Gasteiger partial charge in [-0.15, -0.1) is 0 Å². The van der Waals surface area contributed by atoms with Gasteiger partial charge in [-0.1, -0.05) is 24.3 Å². The van der Waals surface area contributed by atoms with Gasteiger partial charge in [0.05, 0.1) is 17.7 Å². The first-order valence-electron chi connectivity index (χ1n) is 9.36. The number of aryl methyl sites for hydroxylation is 2. The summed E-state index contributed by atoms with van der Waals surface area (Å²) in [6.45, 7) is 0. The van der Waals surface area contributed by atoms with Crippen LogP contribution in [-0.2, 0) is 36.7 Å². The molecule has 0 atom stereocenters. The predicted molar refractivity (Wildman–Crippen MR) is 102 cm³/mol. The molecule has 0 saturated heterocycles. The van der Waals surface area contributed by atoms with Crippen molar-refractivity contribution in [2.24, 2.45) is 0 Å². The highest BCUT2D eigenvalue weighted by atomic mass is 19.4. The molecule has 3 aromatic rings. The van der Waals surface area contributed by atoms with E-state index in [9.17, 15) is 22.4 Å². The highest BCUT2D eigenvalue weighted by Gasteiger charge is 2.34. The smallest absolute Gasteiger partial charge is 0.326 e. The Morgan fingerprint density at radius 3 is 2.47 bits per heavy atom. The Morgan fingerprint density at radius 1 is 1.00 bits per heavy atom. The van der Waals surface area contributed by atoms with Gasteiger partial charge in [-0.2, -0.15) is 13.2 Å². The van der Waals surface area contributed by atoms with Crippen LogP contribution in [0.25, 0.3) is 0 Å². The largest absolute Gasteiger partial charge is 0.419 e. The number of aromatic nitrogens is 2. The maximum Gasteiger partial charge on any atom is 0.419 e. The molecule has 1 aromatic heterocycles. The molecular weight excluding hydrogens is 398 g/mol. The SMILES string of the molecule is O=C1Cc2cc(Cc3ncc(C(F)(F)F)c(CCc4ccc(F)cc4)n3)ccc2N1. The number of anilines is 1. The number of nitrogens with one attached hydrogen (secondary N) is 1. The molecule has 0 aliphatic carbocycles. The highest BCUT2D eigenvalue weighted by Crippen LogP contribution is 2.32. The number of carbonyl (C=O) groups excluding carboxylic acids is 1. The molecule has 4 rings (SSSR count). The summed E-state index contributed by atoms with van der Waals surface area (Å²) < 4.78 is 53.3. The van der Waals surface area contributed by atoms with Crippen LogP contribution in [0.2, 0.25) is 0 Å². The van der Waals surface area contributed by atoms with Crippen molar-refractivity contribution in [1.29, 1.82) is 0 Å². The van der Waals surface area contributed by atoms with Crippen molar-refractivity contribution in [2.75, 3.05) is 5.32 Å². The van der Waals surface area contributed by atoms with E-state index in [0.717, 1.165) is 28.6 Å². The van der Waals surface area contributed by atoms with Crippen molar-refractivity contribution in [2.45, 2.75) is 31.9 Å². The second kappa shape index (κ2) is 7.85. The van der Waals surface area contributed by atoms with Crippen molar-refractivity contribution >= 4 is 11.6 Å². The lowest BCUT2D eigenvalue weighted by Gasteiger charge is -2.13. The number of benzene rings is 2. The van der Waals surface area contributed by atoms with Crippen LogP contribution in [0.4, 0.5) is 23.2 Å².